The van der Waals surface area contributed by atoms with Crippen LogP contribution in [0, 0.1) is 0 Å². The van der Waals surface area contributed by atoms with Gasteiger partial charge in [0.25, 0.3) is 0 Å². The molecule has 0 spiro atoms. The zero-order valence-electron chi connectivity index (χ0n) is 5.76. The highest BCUT2D eigenvalue weighted by atomic mass is 127. The molecule has 0 bridgehead atoms. The van der Waals surface area contributed by atoms with Crippen LogP contribution in [0.3, 0.4) is 0 Å². The van der Waals surface area contributed by atoms with Crippen molar-refractivity contribution >= 4 is 34.2 Å². The largest absolute Gasteiger partial charge is 0.493 e. The Kier molecular flexibility index (Phi) is 2.43. The van der Waals surface area contributed by atoms with Crippen molar-refractivity contribution in [1.82, 2.24) is 0 Å². The van der Waals surface area contributed by atoms with Gasteiger partial charge in [-0.05, 0) is 22.6 Å². The first-order valence-corrected chi connectivity index (χ1v) is 3.94. The van der Waals surface area contributed by atoms with Gasteiger partial charge in [-0.15, -0.1) is 0 Å². The van der Waals surface area contributed by atoms with E-state index in [4.69, 9.17) is 0 Å². The molecule has 1 aliphatic carbocycles. The van der Waals surface area contributed by atoms with Crippen LogP contribution in [0.2, 0.25) is 0 Å². The minimum atomic E-state index is -0.253. The highest BCUT2D eigenvalue weighted by Crippen LogP contribution is 2.16. The summed E-state index contributed by atoms with van der Waals surface area (Å²) in [5, 5.41) is 0. The fourth-order valence-corrected chi connectivity index (χ4v) is 1.11. The number of rotatable bonds is 1. The number of methoxy groups -OCH3 is 1. The van der Waals surface area contributed by atoms with Gasteiger partial charge in [0, 0.05) is 12.2 Å². The summed E-state index contributed by atoms with van der Waals surface area (Å²) in [6.07, 6.45) is 2.46. The summed E-state index contributed by atoms with van der Waals surface area (Å²) < 4.78 is 5.09. The Labute approximate surface area is 77.2 Å². The number of allylic oxidation sites excluding steroid dienone is 3. The van der Waals surface area contributed by atoms with Crippen LogP contribution in [0.1, 0.15) is 0 Å². The van der Waals surface area contributed by atoms with Gasteiger partial charge in [-0.2, -0.15) is 0 Å². The molecule has 3 nitrogen and oxygen atoms in total. The van der Waals surface area contributed by atoms with Crippen LogP contribution in [0.5, 0.6) is 0 Å². The fraction of sp³-hybridized carbons (Fsp3) is 0.143. The lowest BCUT2D eigenvalue weighted by molar-refractivity contribution is -0.116. The van der Waals surface area contributed by atoms with Gasteiger partial charge in [0.15, 0.2) is 11.5 Å². The normalized spacial score (nSPS) is 17.6. The molecule has 4 heteroatoms. The van der Waals surface area contributed by atoms with Gasteiger partial charge < -0.3 is 4.74 Å². The molecule has 0 aliphatic heterocycles. The summed E-state index contributed by atoms with van der Waals surface area (Å²) in [5.41, 5.74) is 0. The number of hydrogen-bond acceptors (Lipinski definition) is 3. The van der Waals surface area contributed by atoms with E-state index in [1.165, 1.54) is 19.3 Å². The minimum absolute atomic E-state index is 0.107. The first kappa shape index (κ1) is 8.45. The molecule has 0 atom stereocenters. The van der Waals surface area contributed by atoms with Crippen molar-refractivity contribution in [2.75, 3.05) is 7.11 Å². The number of ether oxygens (including phenoxy) is 1. The number of carbonyl (C=O) groups is 2. The molecule has 0 radical (unpaired) electrons. The average molecular weight is 264 g/mol. The Hall–Kier alpha value is -0.650. The van der Waals surface area contributed by atoms with Crippen LogP contribution < -0.4 is 0 Å². The molecular weight excluding hydrogens is 259 g/mol. The predicted molar refractivity (Wildman–Crippen MR) is 47.2 cm³/mol. The van der Waals surface area contributed by atoms with E-state index in [0.717, 1.165) is 0 Å². The average Bonchev–Trinajstić information content (AvgIpc) is 1.97. The maximum Gasteiger partial charge on any atom is 0.221 e. The van der Waals surface area contributed by atoms with E-state index in [1.807, 2.05) is 22.6 Å². The smallest absolute Gasteiger partial charge is 0.221 e. The van der Waals surface area contributed by atoms with Crippen molar-refractivity contribution in [2.24, 2.45) is 0 Å². The predicted octanol–water partition coefficient (Wildman–Crippen LogP) is 0.987. The monoisotopic (exact) mass is 264 g/mol. The van der Waals surface area contributed by atoms with Crippen molar-refractivity contribution in [2.45, 2.75) is 0 Å². The molecule has 0 aromatic heterocycles. The number of ketones is 2. The Morgan fingerprint density at radius 2 is 1.91 bits per heavy atom. The zero-order valence-corrected chi connectivity index (χ0v) is 7.91. The van der Waals surface area contributed by atoms with Crippen LogP contribution in [-0.2, 0) is 14.3 Å². The molecule has 1 rings (SSSR count). The van der Waals surface area contributed by atoms with Crippen molar-refractivity contribution in [3.05, 3.63) is 21.5 Å². The molecule has 58 valence electrons. The van der Waals surface area contributed by atoms with E-state index >= 15 is 0 Å². The van der Waals surface area contributed by atoms with Crippen LogP contribution in [-0.4, -0.2) is 18.7 Å². The molecule has 0 heterocycles. The molecule has 0 saturated carbocycles. The molecule has 0 aromatic rings. The summed E-state index contributed by atoms with van der Waals surface area (Å²) in [5.74, 6) is -0.325. The van der Waals surface area contributed by atoms with E-state index in [2.05, 4.69) is 4.74 Å². The quantitative estimate of drug-likeness (QED) is 0.524. The van der Waals surface area contributed by atoms with Crippen molar-refractivity contribution in [1.29, 1.82) is 0 Å². The van der Waals surface area contributed by atoms with E-state index in [-0.39, 0.29) is 17.3 Å². The highest BCUT2D eigenvalue weighted by Gasteiger charge is 2.18. The van der Waals surface area contributed by atoms with Crippen molar-refractivity contribution < 1.29 is 14.3 Å². The molecular formula is C7H5IO3. The lowest BCUT2D eigenvalue weighted by Gasteiger charge is -2.05. The second kappa shape index (κ2) is 3.17. The van der Waals surface area contributed by atoms with Crippen LogP contribution in [0.4, 0.5) is 0 Å². The Bertz CT molecular complexity index is 275. The van der Waals surface area contributed by atoms with Crippen LogP contribution >= 0.6 is 22.6 Å². The van der Waals surface area contributed by atoms with Gasteiger partial charge in [0.05, 0.1) is 10.7 Å². The van der Waals surface area contributed by atoms with E-state index in [9.17, 15) is 9.59 Å². The van der Waals surface area contributed by atoms with Gasteiger partial charge in [-0.25, -0.2) is 0 Å². The highest BCUT2D eigenvalue weighted by molar-refractivity contribution is 14.1. The number of halogens is 1. The van der Waals surface area contributed by atoms with Crippen LogP contribution in [0.15, 0.2) is 21.5 Å². The Balaban J connectivity index is 2.98. The van der Waals surface area contributed by atoms with Gasteiger partial charge >= 0.3 is 0 Å². The Morgan fingerprint density at radius 1 is 1.27 bits per heavy atom. The summed E-state index contributed by atoms with van der Waals surface area (Å²) >= 11 is 1.81. The standard InChI is InChI=1S/C7H5IO3/c1-11-7-3-5(9)4(8)2-6(7)10/h2-3H,1H3. The lowest BCUT2D eigenvalue weighted by atomic mass is 10.1. The zero-order chi connectivity index (χ0) is 8.43. The van der Waals surface area contributed by atoms with Crippen molar-refractivity contribution in [3.63, 3.8) is 0 Å². The third-order valence-electron chi connectivity index (χ3n) is 1.22. The molecule has 11 heavy (non-hydrogen) atoms. The SMILES string of the molecule is COC1=CC(=O)C(I)=CC1=O. The van der Waals surface area contributed by atoms with E-state index in [0.29, 0.717) is 3.58 Å². The molecule has 0 aromatic carbocycles. The first-order valence-electron chi connectivity index (χ1n) is 2.86. The third-order valence-corrected chi connectivity index (χ3v) is 2.06. The molecule has 1 aliphatic rings. The lowest BCUT2D eigenvalue weighted by Crippen LogP contribution is -2.11. The number of carbonyl (C=O) groups excluding carboxylic acids is 2. The first-order chi connectivity index (χ1) is 5.15. The summed E-state index contributed by atoms with van der Waals surface area (Å²) in [6, 6.07) is 0. The molecule has 0 N–H and O–H groups in total. The second-order valence-electron chi connectivity index (χ2n) is 1.93. The molecule has 0 saturated heterocycles. The molecule has 0 unspecified atom stereocenters. The van der Waals surface area contributed by atoms with Crippen molar-refractivity contribution in [3.8, 4) is 0 Å². The Morgan fingerprint density at radius 3 is 2.45 bits per heavy atom. The topological polar surface area (TPSA) is 43.4 Å². The van der Waals surface area contributed by atoms with Gasteiger partial charge in [-0.3, -0.25) is 9.59 Å². The van der Waals surface area contributed by atoms with Gasteiger partial charge in [0.1, 0.15) is 0 Å². The van der Waals surface area contributed by atoms with E-state index < -0.39 is 0 Å². The maximum absolute atomic E-state index is 11.0. The maximum atomic E-state index is 11.0. The van der Waals surface area contributed by atoms with Gasteiger partial charge in [-0.1, -0.05) is 0 Å². The summed E-state index contributed by atoms with van der Waals surface area (Å²) in [4.78, 5) is 21.9. The third kappa shape index (κ3) is 1.68. The van der Waals surface area contributed by atoms with Crippen LogP contribution in [0.25, 0.3) is 0 Å². The van der Waals surface area contributed by atoms with E-state index in [1.54, 1.807) is 0 Å². The van der Waals surface area contributed by atoms with Gasteiger partial charge in [0.2, 0.25) is 5.78 Å². The fourth-order valence-electron chi connectivity index (χ4n) is 0.676. The summed E-state index contributed by atoms with van der Waals surface area (Å²) in [7, 11) is 1.36. The number of hydrogen-bond donors (Lipinski definition) is 0. The second-order valence-corrected chi connectivity index (χ2v) is 3.10. The summed E-state index contributed by atoms with van der Waals surface area (Å²) in [6.45, 7) is 0. The molecule has 0 fully saturated rings. The molecule has 0 amide bonds. The minimum Gasteiger partial charge on any atom is -0.493 e.